The Kier molecular flexibility index (Phi) is 4.18. The van der Waals surface area contributed by atoms with Gasteiger partial charge in [-0.2, -0.15) is 0 Å². The Morgan fingerprint density at radius 1 is 1.42 bits per heavy atom. The molecule has 2 unspecified atom stereocenters. The average molecular weight is 340 g/mol. The van der Waals surface area contributed by atoms with E-state index in [1.807, 2.05) is 0 Å². The second-order valence-electron chi connectivity index (χ2n) is 5.33. The molecule has 1 amide bonds. The van der Waals surface area contributed by atoms with Gasteiger partial charge < -0.3 is 4.90 Å². The number of amides is 1. The van der Waals surface area contributed by atoms with E-state index in [1.54, 1.807) is 11.8 Å². The van der Waals surface area contributed by atoms with Crippen molar-refractivity contribution in [2.24, 2.45) is 5.92 Å². The molecule has 2 atom stereocenters. The highest BCUT2D eigenvalue weighted by Gasteiger charge is 2.34. The molecule has 0 radical (unpaired) electrons. The molecule has 0 aromatic heterocycles. The van der Waals surface area contributed by atoms with E-state index < -0.39 is 0 Å². The molecule has 2 heterocycles. The third-order valence-electron chi connectivity index (χ3n) is 4.04. The fourth-order valence-corrected chi connectivity index (χ4v) is 4.87. The van der Waals surface area contributed by atoms with Gasteiger partial charge in [0.05, 0.1) is 5.25 Å². The van der Waals surface area contributed by atoms with Crippen LogP contribution in [0.4, 0.5) is 0 Å². The smallest absolute Gasteiger partial charge is 0.236 e. The zero-order valence-electron chi connectivity index (χ0n) is 10.8. The van der Waals surface area contributed by atoms with E-state index in [4.69, 9.17) is 0 Å². The van der Waals surface area contributed by atoms with Crippen LogP contribution in [0.25, 0.3) is 0 Å². The lowest BCUT2D eigenvalue weighted by Crippen LogP contribution is -2.36. The molecule has 0 saturated carbocycles. The van der Waals surface area contributed by atoms with Gasteiger partial charge in [-0.05, 0) is 36.8 Å². The molecule has 19 heavy (non-hydrogen) atoms. The van der Waals surface area contributed by atoms with Crippen LogP contribution in [-0.2, 0) is 11.2 Å². The van der Waals surface area contributed by atoms with Crippen molar-refractivity contribution in [1.29, 1.82) is 0 Å². The largest absolute Gasteiger partial charge is 0.341 e. The minimum Gasteiger partial charge on any atom is -0.341 e. The zero-order chi connectivity index (χ0) is 13.2. The Bertz CT molecular complexity index is 454. The van der Waals surface area contributed by atoms with Crippen LogP contribution in [0.3, 0.4) is 0 Å². The molecule has 2 nitrogen and oxygen atoms in total. The number of alkyl halides is 1. The lowest BCUT2D eigenvalue weighted by molar-refractivity contribution is -0.129. The van der Waals surface area contributed by atoms with Crippen LogP contribution in [0.2, 0.25) is 0 Å². The van der Waals surface area contributed by atoms with Crippen LogP contribution in [-0.4, -0.2) is 34.5 Å². The highest BCUT2D eigenvalue weighted by Crippen LogP contribution is 2.38. The number of carbonyl (C=O) groups is 1. The van der Waals surface area contributed by atoms with Gasteiger partial charge in [0.15, 0.2) is 0 Å². The molecular formula is C15H18BrNOS. The SMILES string of the molecule is O=C(C1Cc2ccccc2S1)N1CCC(CCBr)C1. The van der Waals surface area contributed by atoms with E-state index >= 15 is 0 Å². The summed E-state index contributed by atoms with van der Waals surface area (Å²) in [7, 11) is 0. The monoisotopic (exact) mass is 339 g/mol. The molecule has 0 N–H and O–H groups in total. The molecule has 2 aliphatic rings. The topological polar surface area (TPSA) is 20.3 Å². The van der Waals surface area contributed by atoms with Crippen LogP contribution in [0.1, 0.15) is 18.4 Å². The minimum atomic E-state index is 0.111. The highest BCUT2D eigenvalue weighted by molar-refractivity contribution is 9.09. The van der Waals surface area contributed by atoms with Gasteiger partial charge in [-0.1, -0.05) is 34.1 Å². The number of likely N-dealkylation sites (tertiary alicyclic amines) is 1. The number of thioether (sulfide) groups is 1. The van der Waals surface area contributed by atoms with Crippen LogP contribution in [0.5, 0.6) is 0 Å². The molecule has 1 saturated heterocycles. The lowest BCUT2D eigenvalue weighted by atomic mass is 10.1. The van der Waals surface area contributed by atoms with Gasteiger partial charge in [0, 0.05) is 23.3 Å². The normalized spacial score (nSPS) is 25.6. The fourth-order valence-electron chi connectivity index (χ4n) is 2.95. The number of halogens is 1. The van der Waals surface area contributed by atoms with Gasteiger partial charge in [0.2, 0.25) is 5.91 Å². The van der Waals surface area contributed by atoms with Gasteiger partial charge in [0.25, 0.3) is 0 Å². The third-order valence-corrected chi connectivity index (χ3v) is 5.80. The lowest BCUT2D eigenvalue weighted by Gasteiger charge is -2.20. The molecule has 0 aliphatic carbocycles. The standard InChI is InChI=1S/C15H18BrNOS/c16-7-5-11-6-8-17(10-11)15(18)14-9-12-3-1-2-4-13(12)19-14/h1-4,11,14H,5-10H2. The highest BCUT2D eigenvalue weighted by atomic mass is 79.9. The van der Waals surface area contributed by atoms with Crippen molar-refractivity contribution in [3.05, 3.63) is 29.8 Å². The fraction of sp³-hybridized carbons (Fsp3) is 0.533. The van der Waals surface area contributed by atoms with Crippen molar-refractivity contribution in [2.75, 3.05) is 18.4 Å². The maximum absolute atomic E-state index is 12.6. The number of fused-ring (bicyclic) bond motifs is 1. The van der Waals surface area contributed by atoms with Crippen LogP contribution in [0.15, 0.2) is 29.2 Å². The van der Waals surface area contributed by atoms with Crippen LogP contribution in [0, 0.1) is 5.92 Å². The van der Waals surface area contributed by atoms with Crippen molar-refractivity contribution in [3.8, 4) is 0 Å². The summed E-state index contributed by atoms with van der Waals surface area (Å²) in [5.41, 5.74) is 1.34. The Labute approximate surface area is 127 Å². The molecule has 3 rings (SSSR count). The van der Waals surface area contributed by atoms with Crippen molar-refractivity contribution < 1.29 is 4.79 Å². The second-order valence-corrected chi connectivity index (χ2v) is 7.37. The zero-order valence-corrected chi connectivity index (χ0v) is 13.3. The average Bonchev–Trinajstić information content (AvgIpc) is 3.04. The molecule has 0 bridgehead atoms. The van der Waals surface area contributed by atoms with Crippen LogP contribution < -0.4 is 0 Å². The molecule has 1 fully saturated rings. The van der Waals surface area contributed by atoms with Gasteiger partial charge >= 0.3 is 0 Å². The summed E-state index contributed by atoms with van der Waals surface area (Å²) in [5, 5.41) is 1.16. The molecule has 2 aliphatic heterocycles. The summed E-state index contributed by atoms with van der Waals surface area (Å²) in [6.45, 7) is 1.90. The predicted octanol–water partition coefficient (Wildman–Crippen LogP) is 3.34. The van der Waals surface area contributed by atoms with E-state index in [-0.39, 0.29) is 5.25 Å². The molecule has 1 aromatic rings. The van der Waals surface area contributed by atoms with Gasteiger partial charge in [-0.25, -0.2) is 0 Å². The number of rotatable bonds is 3. The second kappa shape index (κ2) is 5.88. The van der Waals surface area contributed by atoms with Gasteiger partial charge in [-0.3, -0.25) is 4.79 Å². The first-order chi connectivity index (χ1) is 9.28. The molecule has 0 spiro atoms. The molecule has 102 valence electrons. The Morgan fingerprint density at radius 3 is 3.05 bits per heavy atom. The van der Waals surface area contributed by atoms with Crippen LogP contribution >= 0.6 is 27.7 Å². The van der Waals surface area contributed by atoms with Gasteiger partial charge in [0.1, 0.15) is 0 Å². The van der Waals surface area contributed by atoms with Crippen molar-refractivity contribution in [3.63, 3.8) is 0 Å². The number of nitrogens with zero attached hydrogens (tertiary/aromatic N) is 1. The maximum Gasteiger partial charge on any atom is 0.236 e. The first-order valence-electron chi connectivity index (χ1n) is 6.87. The number of benzene rings is 1. The molecular weight excluding hydrogens is 322 g/mol. The van der Waals surface area contributed by atoms with Gasteiger partial charge in [-0.15, -0.1) is 11.8 Å². The maximum atomic E-state index is 12.6. The minimum absolute atomic E-state index is 0.111. The number of hydrogen-bond donors (Lipinski definition) is 0. The Hall–Kier alpha value is -0.480. The van der Waals surface area contributed by atoms with Crippen molar-refractivity contribution >= 4 is 33.6 Å². The summed E-state index contributed by atoms with van der Waals surface area (Å²) in [4.78, 5) is 15.9. The summed E-state index contributed by atoms with van der Waals surface area (Å²) in [5.74, 6) is 1.04. The van der Waals surface area contributed by atoms with E-state index in [2.05, 4.69) is 45.1 Å². The van der Waals surface area contributed by atoms with E-state index in [1.165, 1.54) is 23.3 Å². The Morgan fingerprint density at radius 2 is 2.26 bits per heavy atom. The number of carbonyl (C=O) groups excluding carboxylic acids is 1. The Balaban J connectivity index is 1.61. The summed E-state index contributed by atoms with van der Waals surface area (Å²) in [6.07, 6.45) is 3.25. The van der Waals surface area contributed by atoms with Crippen molar-refractivity contribution in [2.45, 2.75) is 29.4 Å². The summed E-state index contributed by atoms with van der Waals surface area (Å²) >= 11 is 5.24. The van der Waals surface area contributed by atoms with E-state index in [0.717, 1.165) is 24.8 Å². The molecule has 4 heteroatoms. The first kappa shape index (κ1) is 13.5. The summed E-state index contributed by atoms with van der Waals surface area (Å²) < 4.78 is 0. The van der Waals surface area contributed by atoms with E-state index in [0.29, 0.717) is 11.8 Å². The first-order valence-corrected chi connectivity index (χ1v) is 8.87. The van der Waals surface area contributed by atoms with E-state index in [9.17, 15) is 4.79 Å². The predicted molar refractivity (Wildman–Crippen MR) is 82.9 cm³/mol. The third kappa shape index (κ3) is 2.84. The quantitative estimate of drug-likeness (QED) is 0.787. The van der Waals surface area contributed by atoms with Crippen molar-refractivity contribution in [1.82, 2.24) is 4.90 Å². The summed E-state index contributed by atoms with van der Waals surface area (Å²) in [6, 6.07) is 8.40. The molecule has 1 aromatic carbocycles. The number of hydrogen-bond acceptors (Lipinski definition) is 2.